The van der Waals surface area contributed by atoms with E-state index in [2.05, 4.69) is 0 Å². The summed E-state index contributed by atoms with van der Waals surface area (Å²) in [7, 11) is 2.86. The van der Waals surface area contributed by atoms with Gasteiger partial charge in [-0.15, -0.1) is 0 Å². The number of primary amides is 1. The molecular formula is C9H10ClNO3. The average Bonchev–Trinajstić information content (AvgIpc) is 2.15. The molecule has 0 heterocycles. The highest BCUT2D eigenvalue weighted by Crippen LogP contribution is 2.31. The number of nitrogens with two attached hydrogens (primary N) is 1. The van der Waals surface area contributed by atoms with Crippen molar-refractivity contribution in [2.75, 3.05) is 14.2 Å². The first kappa shape index (κ1) is 10.7. The molecule has 14 heavy (non-hydrogen) atoms. The predicted molar refractivity (Wildman–Crippen MR) is 53.1 cm³/mol. The Hall–Kier alpha value is -1.42. The van der Waals surface area contributed by atoms with E-state index in [1.807, 2.05) is 0 Å². The zero-order chi connectivity index (χ0) is 10.7. The first-order valence-corrected chi connectivity index (χ1v) is 4.19. The molecule has 1 rings (SSSR count). The molecule has 1 amide bonds. The van der Waals surface area contributed by atoms with E-state index in [1.165, 1.54) is 26.4 Å². The maximum Gasteiger partial charge on any atom is 0.256 e. The summed E-state index contributed by atoms with van der Waals surface area (Å²) in [5.74, 6) is -0.000864. The third kappa shape index (κ3) is 1.90. The minimum Gasteiger partial charge on any atom is -0.496 e. The van der Waals surface area contributed by atoms with Crippen molar-refractivity contribution in [3.63, 3.8) is 0 Å². The van der Waals surface area contributed by atoms with Gasteiger partial charge in [-0.25, -0.2) is 0 Å². The largest absolute Gasteiger partial charge is 0.496 e. The van der Waals surface area contributed by atoms with Crippen molar-refractivity contribution in [1.82, 2.24) is 0 Å². The zero-order valence-corrected chi connectivity index (χ0v) is 8.59. The van der Waals surface area contributed by atoms with Crippen LogP contribution in [0.1, 0.15) is 10.4 Å². The number of carbonyl (C=O) groups is 1. The third-order valence-corrected chi connectivity index (χ3v) is 1.94. The van der Waals surface area contributed by atoms with Gasteiger partial charge in [-0.3, -0.25) is 4.79 Å². The molecule has 0 saturated heterocycles. The van der Waals surface area contributed by atoms with Gasteiger partial charge in [0, 0.05) is 5.02 Å². The third-order valence-electron chi connectivity index (χ3n) is 1.72. The fourth-order valence-electron chi connectivity index (χ4n) is 1.12. The van der Waals surface area contributed by atoms with Gasteiger partial charge < -0.3 is 15.2 Å². The van der Waals surface area contributed by atoms with E-state index >= 15 is 0 Å². The van der Waals surface area contributed by atoms with Gasteiger partial charge in [-0.1, -0.05) is 11.6 Å². The highest BCUT2D eigenvalue weighted by atomic mass is 35.5. The SMILES string of the molecule is COc1cc(Cl)cc(OC)c1C(N)=O. The number of ether oxygens (including phenoxy) is 2. The van der Waals surface area contributed by atoms with E-state index in [4.69, 9.17) is 26.8 Å². The molecule has 5 heteroatoms. The summed E-state index contributed by atoms with van der Waals surface area (Å²) in [6, 6.07) is 3.01. The molecule has 4 nitrogen and oxygen atoms in total. The van der Waals surface area contributed by atoms with Gasteiger partial charge in [-0.2, -0.15) is 0 Å². The first-order valence-electron chi connectivity index (χ1n) is 3.81. The number of benzene rings is 1. The molecule has 76 valence electrons. The van der Waals surface area contributed by atoms with Gasteiger partial charge in [0.25, 0.3) is 5.91 Å². The van der Waals surface area contributed by atoms with Crippen LogP contribution in [0.15, 0.2) is 12.1 Å². The Balaban J connectivity index is 3.40. The minimum atomic E-state index is -0.615. The molecule has 2 N–H and O–H groups in total. The van der Waals surface area contributed by atoms with Crippen molar-refractivity contribution < 1.29 is 14.3 Å². The van der Waals surface area contributed by atoms with Gasteiger partial charge in [0.2, 0.25) is 0 Å². The lowest BCUT2D eigenvalue weighted by molar-refractivity contribution is 0.0994. The lowest BCUT2D eigenvalue weighted by Gasteiger charge is -2.10. The number of hydrogen-bond donors (Lipinski definition) is 1. The fourth-order valence-corrected chi connectivity index (χ4v) is 1.32. The number of hydrogen-bond acceptors (Lipinski definition) is 3. The summed E-state index contributed by atoms with van der Waals surface area (Å²) in [6.07, 6.45) is 0. The number of halogens is 1. The van der Waals surface area contributed by atoms with Crippen LogP contribution in [-0.2, 0) is 0 Å². The van der Waals surface area contributed by atoms with Crippen LogP contribution in [0.2, 0.25) is 5.02 Å². The molecule has 1 aromatic rings. The molecule has 0 aliphatic carbocycles. The Kier molecular flexibility index (Phi) is 3.19. The molecule has 0 atom stereocenters. The summed E-state index contributed by atoms with van der Waals surface area (Å²) in [6.45, 7) is 0. The molecule has 0 fully saturated rings. The second kappa shape index (κ2) is 4.19. The van der Waals surface area contributed by atoms with Crippen LogP contribution < -0.4 is 15.2 Å². The minimum absolute atomic E-state index is 0.194. The molecule has 0 saturated carbocycles. The molecule has 0 aromatic heterocycles. The van der Waals surface area contributed by atoms with E-state index in [9.17, 15) is 4.79 Å². The van der Waals surface area contributed by atoms with Crippen LogP contribution in [0, 0.1) is 0 Å². The van der Waals surface area contributed by atoms with E-state index in [1.54, 1.807) is 0 Å². The number of amides is 1. The molecule has 0 radical (unpaired) electrons. The lowest BCUT2D eigenvalue weighted by atomic mass is 10.1. The van der Waals surface area contributed by atoms with E-state index < -0.39 is 5.91 Å². The standard InChI is InChI=1S/C9H10ClNO3/c1-13-6-3-5(10)4-7(14-2)8(6)9(11)12/h3-4H,1-2H3,(H2,11,12). The Bertz CT molecular complexity index is 340. The number of carbonyl (C=O) groups excluding carboxylic acids is 1. The average molecular weight is 216 g/mol. The van der Waals surface area contributed by atoms with E-state index in [-0.39, 0.29) is 5.56 Å². The zero-order valence-electron chi connectivity index (χ0n) is 7.83. The fraction of sp³-hybridized carbons (Fsp3) is 0.222. The summed E-state index contributed by atoms with van der Waals surface area (Å²) in [5.41, 5.74) is 5.37. The van der Waals surface area contributed by atoms with Crippen LogP contribution in [-0.4, -0.2) is 20.1 Å². The van der Waals surface area contributed by atoms with Crippen molar-refractivity contribution in [3.05, 3.63) is 22.7 Å². The molecule has 0 unspecified atom stereocenters. The predicted octanol–water partition coefficient (Wildman–Crippen LogP) is 1.46. The van der Waals surface area contributed by atoms with Crippen molar-refractivity contribution in [1.29, 1.82) is 0 Å². The summed E-state index contributed by atoms with van der Waals surface area (Å²) < 4.78 is 9.93. The normalized spacial score (nSPS) is 9.64. The van der Waals surface area contributed by atoms with Gasteiger partial charge in [0.15, 0.2) is 0 Å². The Morgan fingerprint density at radius 1 is 1.29 bits per heavy atom. The van der Waals surface area contributed by atoms with E-state index in [0.717, 1.165) is 0 Å². The van der Waals surface area contributed by atoms with Crippen molar-refractivity contribution in [2.24, 2.45) is 5.73 Å². The highest BCUT2D eigenvalue weighted by Gasteiger charge is 2.16. The van der Waals surface area contributed by atoms with E-state index in [0.29, 0.717) is 16.5 Å². The molecule has 0 bridgehead atoms. The number of rotatable bonds is 3. The maximum absolute atomic E-state index is 11.1. The maximum atomic E-state index is 11.1. The lowest BCUT2D eigenvalue weighted by Crippen LogP contribution is -2.14. The summed E-state index contributed by atoms with van der Waals surface area (Å²) >= 11 is 5.77. The van der Waals surface area contributed by atoms with Crippen molar-refractivity contribution >= 4 is 17.5 Å². The molecule has 1 aromatic carbocycles. The van der Waals surface area contributed by atoms with Crippen LogP contribution in [0.5, 0.6) is 11.5 Å². The summed E-state index contributed by atoms with van der Waals surface area (Å²) in [5, 5.41) is 0.420. The molecule has 0 spiro atoms. The Labute approximate surface area is 86.6 Å². The molecule has 0 aliphatic heterocycles. The monoisotopic (exact) mass is 215 g/mol. The van der Waals surface area contributed by atoms with Crippen molar-refractivity contribution in [3.8, 4) is 11.5 Å². The second-order valence-electron chi connectivity index (χ2n) is 2.55. The van der Waals surface area contributed by atoms with Gasteiger partial charge in [-0.05, 0) is 12.1 Å². The quantitative estimate of drug-likeness (QED) is 0.830. The Morgan fingerprint density at radius 2 is 1.71 bits per heavy atom. The second-order valence-corrected chi connectivity index (χ2v) is 2.99. The van der Waals surface area contributed by atoms with Crippen LogP contribution in [0.3, 0.4) is 0 Å². The topological polar surface area (TPSA) is 61.6 Å². The van der Waals surface area contributed by atoms with Crippen LogP contribution in [0.25, 0.3) is 0 Å². The number of methoxy groups -OCH3 is 2. The van der Waals surface area contributed by atoms with Crippen LogP contribution in [0.4, 0.5) is 0 Å². The molecule has 0 aliphatic rings. The van der Waals surface area contributed by atoms with Crippen LogP contribution >= 0.6 is 11.6 Å². The van der Waals surface area contributed by atoms with Gasteiger partial charge in [0.1, 0.15) is 17.1 Å². The summed E-state index contributed by atoms with van der Waals surface area (Å²) in [4.78, 5) is 11.1. The smallest absolute Gasteiger partial charge is 0.256 e. The van der Waals surface area contributed by atoms with Gasteiger partial charge >= 0.3 is 0 Å². The van der Waals surface area contributed by atoms with Gasteiger partial charge in [0.05, 0.1) is 14.2 Å². The van der Waals surface area contributed by atoms with Crippen molar-refractivity contribution in [2.45, 2.75) is 0 Å². The molecular weight excluding hydrogens is 206 g/mol. The Morgan fingerprint density at radius 3 is 2.00 bits per heavy atom. The highest BCUT2D eigenvalue weighted by molar-refractivity contribution is 6.31. The first-order chi connectivity index (χ1) is 6.60.